The number of ether oxygens (including phenoxy) is 2. The zero-order valence-corrected chi connectivity index (χ0v) is 30.2. The second-order valence-electron chi connectivity index (χ2n) is 17.2. The lowest BCUT2D eigenvalue weighted by Crippen LogP contribution is -2.59. The first kappa shape index (κ1) is 34.3. The van der Waals surface area contributed by atoms with Crippen LogP contribution in [-0.2, 0) is 9.47 Å². The van der Waals surface area contributed by atoms with Gasteiger partial charge in [0.2, 0.25) is 0 Å². The minimum Gasteiger partial charge on any atom is -0.459 e. The van der Waals surface area contributed by atoms with Gasteiger partial charge in [0.05, 0.1) is 11.1 Å². The number of hydrogen-bond acceptors (Lipinski definition) is 4. The van der Waals surface area contributed by atoms with Gasteiger partial charge in [-0.25, -0.2) is 9.59 Å². The highest BCUT2D eigenvalue weighted by molar-refractivity contribution is 5.90. The summed E-state index contributed by atoms with van der Waals surface area (Å²) in [6.07, 6.45) is 12.5. The van der Waals surface area contributed by atoms with Gasteiger partial charge in [-0.2, -0.15) is 0 Å². The zero-order valence-electron chi connectivity index (χ0n) is 30.2. The van der Waals surface area contributed by atoms with Crippen LogP contribution in [0.2, 0.25) is 0 Å². The van der Waals surface area contributed by atoms with E-state index in [1.165, 1.54) is 44.9 Å². The molecule has 0 radical (unpaired) electrons. The van der Waals surface area contributed by atoms with Crippen LogP contribution in [0, 0.1) is 66.1 Å². The summed E-state index contributed by atoms with van der Waals surface area (Å²) in [5.74, 6) is 3.95. The summed E-state index contributed by atoms with van der Waals surface area (Å²) in [4.78, 5) is 26.9. The Labute approximate surface area is 284 Å². The minimum absolute atomic E-state index is 0.0657. The van der Waals surface area contributed by atoms with Gasteiger partial charge in [-0.3, -0.25) is 0 Å². The van der Waals surface area contributed by atoms with E-state index in [-0.39, 0.29) is 35.5 Å². The van der Waals surface area contributed by atoms with E-state index < -0.39 is 0 Å². The number of rotatable bonds is 9. The standard InChI is InChI=1S/C43H60O4/c1-27(2)9-8-10-30(5)35-19-20-36-34-26-39(47-41(45)32-17-13-29(4)14-18-32)38-25-33(46-40(44)31-15-11-28(3)12-16-31)21-23-43(38,7)37(34)22-24-42(35,36)6/h11-18,27,30,33-39H,8-10,19-26H2,1-7H3. The molecule has 0 bridgehead atoms. The number of benzene rings is 2. The van der Waals surface area contributed by atoms with Gasteiger partial charge in [-0.05, 0) is 136 Å². The second-order valence-corrected chi connectivity index (χ2v) is 17.2. The number of carbonyl (C=O) groups excluding carboxylic acids is 2. The maximum absolute atomic E-state index is 13.7. The van der Waals surface area contributed by atoms with Crippen LogP contribution in [0.4, 0.5) is 0 Å². The SMILES string of the molecule is Cc1ccc(C(=O)OC2CCC3(C)C(C2)C(OC(=O)c2ccc(C)cc2)CC2C4CCC(C(C)CCCC(C)C)C4(C)CCC23)cc1. The van der Waals surface area contributed by atoms with Gasteiger partial charge >= 0.3 is 11.9 Å². The molecule has 4 aliphatic rings. The lowest BCUT2D eigenvalue weighted by atomic mass is 9.43. The van der Waals surface area contributed by atoms with E-state index in [9.17, 15) is 9.59 Å². The van der Waals surface area contributed by atoms with Crippen molar-refractivity contribution in [2.24, 2.45) is 52.3 Å². The number of aryl methyl sites for hydroxylation is 2. The average molecular weight is 641 g/mol. The van der Waals surface area contributed by atoms with Crippen molar-refractivity contribution in [2.45, 2.75) is 131 Å². The molecule has 256 valence electrons. The summed E-state index contributed by atoms with van der Waals surface area (Å²) < 4.78 is 12.8. The molecule has 4 aliphatic carbocycles. The Morgan fingerprint density at radius 2 is 1.28 bits per heavy atom. The summed E-state index contributed by atoms with van der Waals surface area (Å²) in [7, 11) is 0. The molecule has 0 spiro atoms. The van der Waals surface area contributed by atoms with Crippen molar-refractivity contribution in [3.8, 4) is 0 Å². The van der Waals surface area contributed by atoms with Gasteiger partial charge in [0.1, 0.15) is 12.2 Å². The molecule has 4 heteroatoms. The molecule has 10 unspecified atom stereocenters. The Morgan fingerprint density at radius 1 is 0.702 bits per heavy atom. The van der Waals surface area contributed by atoms with Crippen molar-refractivity contribution >= 4 is 11.9 Å². The summed E-state index contributed by atoms with van der Waals surface area (Å²) in [6, 6.07) is 15.4. The van der Waals surface area contributed by atoms with Crippen molar-refractivity contribution in [2.75, 3.05) is 0 Å². The van der Waals surface area contributed by atoms with E-state index in [0.717, 1.165) is 54.6 Å². The van der Waals surface area contributed by atoms with Gasteiger partial charge in [-0.15, -0.1) is 0 Å². The molecule has 47 heavy (non-hydrogen) atoms. The van der Waals surface area contributed by atoms with Crippen LogP contribution in [0.1, 0.15) is 137 Å². The van der Waals surface area contributed by atoms with Crippen molar-refractivity contribution < 1.29 is 19.1 Å². The first-order valence-corrected chi connectivity index (χ1v) is 18.9. The fourth-order valence-electron chi connectivity index (χ4n) is 11.3. The van der Waals surface area contributed by atoms with Crippen molar-refractivity contribution in [1.82, 2.24) is 0 Å². The Balaban J connectivity index is 1.24. The normalized spacial score (nSPS) is 35.4. The van der Waals surface area contributed by atoms with E-state index in [2.05, 4.69) is 34.6 Å². The smallest absolute Gasteiger partial charge is 0.338 e. The van der Waals surface area contributed by atoms with Gasteiger partial charge in [-0.1, -0.05) is 89.3 Å². The molecule has 10 atom stereocenters. The lowest BCUT2D eigenvalue weighted by molar-refractivity contribution is -0.174. The number of esters is 2. The second kappa shape index (κ2) is 13.7. The maximum atomic E-state index is 13.7. The van der Waals surface area contributed by atoms with Crippen molar-refractivity contribution in [3.63, 3.8) is 0 Å². The molecule has 0 aliphatic heterocycles. The Morgan fingerprint density at radius 3 is 1.89 bits per heavy atom. The predicted octanol–water partition coefficient (Wildman–Crippen LogP) is 10.8. The molecule has 0 N–H and O–H groups in total. The van der Waals surface area contributed by atoms with E-state index in [1.807, 2.05) is 62.4 Å². The summed E-state index contributed by atoms with van der Waals surface area (Å²) >= 11 is 0. The summed E-state index contributed by atoms with van der Waals surface area (Å²) in [5.41, 5.74) is 3.93. The maximum Gasteiger partial charge on any atom is 0.338 e. The molecule has 4 fully saturated rings. The van der Waals surface area contributed by atoms with Crippen LogP contribution in [-0.4, -0.2) is 24.1 Å². The number of hydrogen-bond donors (Lipinski definition) is 0. The molecular formula is C43H60O4. The topological polar surface area (TPSA) is 52.6 Å². The lowest BCUT2D eigenvalue weighted by Gasteiger charge is -2.62. The summed E-state index contributed by atoms with van der Waals surface area (Å²) in [6.45, 7) is 16.4. The summed E-state index contributed by atoms with van der Waals surface area (Å²) in [5, 5.41) is 0. The fraction of sp³-hybridized carbons (Fsp3) is 0.674. The third-order valence-electron chi connectivity index (χ3n) is 13.9. The van der Waals surface area contributed by atoms with Gasteiger partial charge < -0.3 is 9.47 Å². The molecular weight excluding hydrogens is 580 g/mol. The fourth-order valence-corrected chi connectivity index (χ4v) is 11.3. The third-order valence-corrected chi connectivity index (χ3v) is 13.9. The molecule has 6 rings (SSSR count). The van der Waals surface area contributed by atoms with Crippen LogP contribution in [0.5, 0.6) is 0 Å². The molecule has 4 nitrogen and oxygen atoms in total. The zero-order chi connectivity index (χ0) is 33.5. The van der Waals surface area contributed by atoms with Crippen LogP contribution in [0.3, 0.4) is 0 Å². The molecule has 2 aromatic rings. The van der Waals surface area contributed by atoms with E-state index in [4.69, 9.17) is 9.47 Å². The predicted molar refractivity (Wildman–Crippen MR) is 189 cm³/mol. The highest BCUT2D eigenvalue weighted by Crippen LogP contribution is 2.69. The third kappa shape index (κ3) is 6.82. The van der Waals surface area contributed by atoms with E-state index >= 15 is 0 Å². The average Bonchev–Trinajstić information content (AvgIpc) is 3.39. The monoisotopic (exact) mass is 640 g/mol. The van der Waals surface area contributed by atoms with Gasteiger partial charge in [0.15, 0.2) is 0 Å². The van der Waals surface area contributed by atoms with Crippen LogP contribution >= 0.6 is 0 Å². The highest BCUT2D eigenvalue weighted by Gasteiger charge is 2.63. The Kier molecular flexibility index (Phi) is 9.99. The molecule has 0 saturated heterocycles. The van der Waals surface area contributed by atoms with Gasteiger partial charge in [0, 0.05) is 5.92 Å². The van der Waals surface area contributed by atoms with Crippen LogP contribution in [0.25, 0.3) is 0 Å². The molecule has 4 saturated carbocycles. The molecule has 0 aromatic heterocycles. The van der Waals surface area contributed by atoms with Crippen molar-refractivity contribution in [3.05, 3.63) is 70.8 Å². The van der Waals surface area contributed by atoms with Crippen molar-refractivity contribution in [1.29, 1.82) is 0 Å². The minimum atomic E-state index is -0.242. The van der Waals surface area contributed by atoms with Crippen LogP contribution in [0.15, 0.2) is 48.5 Å². The Hall–Kier alpha value is -2.62. The van der Waals surface area contributed by atoms with Crippen LogP contribution < -0.4 is 0 Å². The largest absolute Gasteiger partial charge is 0.459 e. The Bertz CT molecular complexity index is 1390. The number of fused-ring (bicyclic) bond motifs is 5. The molecule has 0 amide bonds. The molecule has 0 heterocycles. The number of carbonyl (C=O) groups is 2. The van der Waals surface area contributed by atoms with E-state index in [0.29, 0.717) is 34.3 Å². The van der Waals surface area contributed by atoms with E-state index in [1.54, 1.807) is 0 Å². The quantitative estimate of drug-likeness (QED) is 0.256. The first-order chi connectivity index (χ1) is 22.4. The highest BCUT2D eigenvalue weighted by atomic mass is 16.6. The molecule has 2 aromatic carbocycles. The first-order valence-electron chi connectivity index (χ1n) is 18.9. The van der Waals surface area contributed by atoms with Gasteiger partial charge in [0.25, 0.3) is 0 Å².